The summed E-state index contributed by atoms with van der Waals surface area (Å²) in [6.45, 7) is 4.51. The normalized spacial score (nSPS) is 35.5. The minimum atomic E-state index is 0.291. The zero-order valence-electron chi connectivity index (χ0n) is 13.2. The van der Waals surface area contributed by atoms with E-state index in [0.717, 1.165) is 6.02 Å². The van der Waals surface area contributed by atoms with E-state index >= 15 is 0 Å². The molecule has 0 spiro atoms. The molecule has 1 heterocycles. The molecule has 114 valence electrons. The third-order valence-electron chi connectivity index (χ3n) is 5.47. The van der Waals surface area contributed by atoms with E-state index in [1.165, 1.54) is 64.2 Å². The number of nitrogens with zero attached hydrogens (tertiary/aromatic N) is 2. The van der Waals surface area contributed by atoms with Crippen molar-refractivity contribution >= 4 is 6.02 Å². The maximum Gasteiger partial charge on any atom is 0.288 e. The molecular weight excluding hydrogens is 248 g/mol. The summed E-state index contributed by atoms with van der Waals surface area (Å²) >= 11 is 0. The van der Waals surface area contributed by atoms with Gasteiger partial charge in [-0.15, -0.1) is 0 Å². The number of rotatable bonds is 2. The smallest absolute Gasteiger partial charge is 0.288 e. The van der Waals surface area contributed by atoms with Crippen LogP contribution in [0.3, 0.4) is 0 Å². The molecule has 0 aromatic rings. The third-order valence-corrected chi connectivity index (χ3v) is 5.47. The Morgan fingerprint density at radius 1 is 0.900 bits per heavy atom. The molecular formula is C17H30N2O. The van der Waals surface area contributed by atoms with Gasteiger partial charge in [0.15, 0.2) is 0 Å². The minimum Gasteiger partial charge on any atom is -0.460 e. The van der Waals surface area contributed by atoms with Gasteiger partial charge < -0.3 is 9.64 Å². The van der Waals surface area contributed by atoms with Crippen LogP contribution in [0, 0.1) is 0 Å². The second-order valence-electron chi connectivity index (χ2n) is 6.97. The Kier molecular flexibility index (Phi) is 4.52. The van der Waals surface area contributed by atoms with Gasteiger partial charge in [-0.05, 0) is 39.5 Å². The summed E-state index contributed by atoms with van der Waals surface area (Å²) in [5.74, 6) is 0. The highest BCUT2D eigenvalue weighted by molar-refractivity contribution is 5.77. The van der Waals surface area contributed by atoms with Crippen molar-refractivity contribution < 1.29 is 4.74 Å². The van der Waals surface area contributed by atoms with E-state index in [2.05, 4.69) is 18.7 Å². The maximum absolute atomic E-state index is 6.12. The molecule has 3 fully saturated rings. The average Bonchev–Trinajstić information content (AvgIpc) is 2.76. The summed E-state index contributed by atoms with van der Waals surface area (Å²) < 4.78 is 6.12. The van der Waals surface area contributed by atoms with Crippen molar-refractivity contribution in [2.75, 3.05) is 0 Å². The van der Waals surface area contributed by atoms with Crippen molar-refractivity contribution in [3.05, 3.63) is 0 Å². The Bertz CT molecular complexity index is 343. The zero-order chi connectivity index (χ0) is 13.9. The summed E-state index contributed by atoms with van der Waals surface area (Å²) in [5.41, 5.74) is 0. The van der Waals surface area contributed by atoms with E-state index in [1.807, 2.05) is 0 Å². The average molecular weight is 278 g/mol. The second kappa shape index (κ2) is 6.36. The fourth-order valence-electron chi connectivity index (χ4n) is 4.04. The maximum atomic E-state index is 6.12. The van der Waals surface area contributed by atoms with Crippen molar-refractivity contribution in [1.82, 2.24) is 4.90 Å². The van der Waals surface area contributed by atoms with Crippen LogP contribution in [0.1, 0.15) is 78.1 Å². The van der Waals surface area contributed by atoms with Crippen LogP contribution in [0.15, 0.2) is 4.99 Å². The summed E-state index contributed by atoms with van der Waals surface area (Å²) in [5, 5.41) is 0. The fourth-order valence-corrected chi connectivity index (χ4v) is 4.04. The van der Waals surface area contributed by atoms with Gasteiger partial charge in [-0.1, -0.05) is 38.5 Å². The van der Waals surface area contributed by atoms with Gasteiger partial charge in [0.1, 0.15) is 6.10 Å². The lowest BCUT2D eigenvalue weighted by atomic mass is 9.93. The molecule has 2 atom stereocenters. The molecule has 2 saturated carbocycles. The van der Waals surface area contributed by atoms with Gasteiger partial charge in [-0.3, -0.25) is 0 Å². The summed E-state index contributed by atoms with van der Waals surface area (Å²) in [6.07, 6.45) is 13.7. The lowest BCUT2D eigenvalue weighted by Gasteiger charge is -2.34. The van der Waals surface area contributed by atoms with Gasteiger partial charge in [0.2, 0.25) is 0 Å². The number of aliphatic imine (C=N–C) groups is 1. The molecule has 1 saturated heterocycles. The Hall–Kier alpha value is -0.730. The highest BCUT2D eigenvalue weighted by Crippen LogP contribution is 2.31. The summed E-state index contributed by atoms with van der Waals surface area (Å²) in [6, 6.07) is 2.65. The van der Waals surface area contributed by atoms with Crippen molar-refractivity contribution in [2.45, 2.75) is 102 Å². The third kappa shape index (κ3) is 2.96. The van der Waals surface area contributed by atoms with Gasteiger partial charge >= 0.3 is 0 Å². The lowest BCUT2D eigenvalue weighted by molar-refractivity contribution is 0.186. The fraction of sp³-hybridized carbons (Fsp3) is 0.941. The molecule has 3 nitrogen and oxygen atoms in total. The number of hydrogen-bond acceptors (Lipinski definition) is 2. The van der Waals surface area contributed by atoms with E-state index in [9.17, 15) is 0 Å². The van der Waals surface area contributed by atoms with Crippen LogP contribution in [-0.2, 0) is 4.74 Å². The zero-order valence-corrected chi connectivity index (χ0v) is 13.2. The van der Waals surface area contributed by atoms with Gasteiger partial charge in [0.05, 0.1) is 12.1 Å². The van der Waals surface area contributed by atoms with Crippen LogP contribution in [0.25, 0.3) is 0 Å². The van der Waals surface area contributed by atoms with E-state index < -0.39 is 0 Å². The summed E-state index contributed by atoms with van der Waals surface area (Å²) in [7, 11) is 0. The standard InChI is InChI=1S/C17H30N2O/c1-13-14(2)20-17(18-15-9-5-3-6-10-15)19(13)16-11-7-4-8-12-16/h13-16H,3-12H2,1-2H3/t13-,14+/m1/s1. The first kappa shape index (κ1) is 14.2. The highest BCUT2D eigenvalue weighted by atomic mass is 16.5. The van der Waals surface area contributed by atoms with E-state index in [4.69, 9.17) is 9.73 Å². The first-order chi connectivity index (χ1) is 9.75. The topological polar surface area (TPSA) is 24.8 Å². The lowest BCUT2D eigenvalue weighted by Crippen LogP contribution is -2.43. The van der Waals surface area contributed by atoms with Crippen LogP contribution in [0.5, 0.6) is 0 Å². The molecule has 3 aliphatic rings. The molecule has 3 rings (SSSR count). The number of amidine groups is 1. The number of hydrogen-bond donors (Lipinski definition) is 0. The van der Waals surface area contributed by atoms with Crippen molar-refractivity contribution in [2.24, 2.45) is 4.99 Å². The van der Waals surface area contributed by atoms with E-state index in [1.54, 1.807) is 0 Å². The first-order valence-corrected chi connectivity index (χ1v) is 8.78. The van der Waals surface area contributed by atoms with Gasteiger partial charge in [0, 0.05) is 6.04 Å². The predicted octanol–water partition coefficient (Wildman–Crippen LogP) is 4.12. The molecule has 1 aliphatic heterocycles. The molecule has 20 heavy (non-hydrogen) atoms. The van der Waals surface area contributed by atoms with Gasteiger partial charge in [0.25, 0.3) is 6.02 Å². The largest absolute Gasteiger partial charge is 0.460 e. The predicted molar refractivity (Wildman–Crippen MR) is 83.0 cm³/mol. The molecule has 0 unspecified atom stereocenters. The van der Waals surface area contributed by atoms with Crippen molar-refractivity contribution in [1.29, 1.82) is 0 Å². The van der Waals surface area contributed by atoms with Crippen LogP contribution >= 0.6 is 0 Å². The monoisotopic (exact) mass is 278 g/mol. The molecule has 0 N–H and O–H groups in total. The molecule has 2 aliphatic carbocycles. The van der Waals surface area contributed by atoms with E-state index in [-0.39, 0.29) is 0 Å². The summed E-state index contributed by atoms with van der Waals surface area (Å²) in [4.78, 5) is 7.54. The van der Waals surface area contributed by atoms with Crippen LogP contribution in [0.4, 0.5) is 0 Å². The molecule has 0 bridgehead atoms. The second-order valence-corrected chi connectivity index (χ2v) is 6.97. The van der Waals surface area contributed by atoms with Crippen molar-refractivity contribution in [3.63, 3.8) is 0 Å². The van der Waals surface area contributed by atoms with Gasteiger partial charge in [-0.2, -0.15) is 0 Å². The Morgan fingerprint density at radius 3 is 2.15 bits per heavy atom. The molecule has 3 heteroatoms. The quantitative estimate of drug-likeness (QED) is 0.759. The van der Waals surface area contributed by atoms with Crippen LogP contribution < -0.4 is 0 Å². The molecule has 0 aromatic carbocycles. The molecule has 0 radical (unpaired) electrons. The highest BCUT2D eigenvalue weighted by Gasteiger charge is 2.39. The van der Waals surface area contributed by atoms with Crippen LogP contribution in [-0.4, -0.2) is 35.2 Å². The molecule has 0 aromatic heterocycles. The SMILES string of the molecule is C[C@@H]1OC(=NC2CCCCC2)N(C2CCCCC2)[C@@H]1C. The Morgan fingerprint density at radius 2 is 1.50 bits per heavy atom. The Labute approximate surface area is 123 Å². The molecule has 0 amide bonds. The van der Waals surface area contributed by atoms with Crippen LogP contribution in [0.2, 0.25) is 0 Å². The Balaban J connectivity index is 1.74. The number of ether oxygens (including phenoxy) is 1. The minimum absolute atomic E-state index is 0.291. The van der Waals surface area contributed by atoms with E-state index in [0.29, 0.717) is 24.2 Å². The van der Waals surface area contributed by atoms with Crippen molar-refractivity contribution in [3.8, 4) is 0 Å². The van der Waals surface area contributed by atoms with Gasteiger partial charge in [-0.25, -0.2) is 4.99 Å². The first-order valence-electron chi connectivity index (χ1n) is 8.78.